The third-order valence-corrected chi connectivity index (χ3v) is 11.5. The van der Waals surface area contributed by atoms with Gasteiger partial charge in [0.1, 0.15) is 13.2 Å². The molecular weight excluding hydrogens is 744 g/mol. The lowest BCUT2D eigenvalue weighted by Crippen LogP contribution is -2.45. The molecule has 0 spiro atoms. The summed E-state index contributed by atoms with van der Waals surface area (Å²) in [6.07, 6.45) is 51.6. The van der Waals surface area contributed by atoms with Crippen molar-refractivity contribution in [2.45, 2.75) is 219 Å². The number of allylic oxidation sites excluding steroid dienone is 7. The van der Waals surface area contributed by atoms with Crippen LogP contribution in [0.1, 0.15) is 206 Å². The number of likely N-dealkylation sites (N-methyl/N-ethyl adjacent to an activating group) is 1. The Hall–Kier alpha value is -1.54. The third kappa shape index (κ3) is 42.6. The topological polar surface area (TPSA) is 108 Å². The van der Waals surface area contributed by atoms with E-state index >= 15 is 0 Å². The van der Waals surface area contributed by atoms with Crippen LogP contribution in [0.25, 0.3) is 0 Å². The number of carbonyl (C=O) groups is 1. The van der Waals surface area contributed by atoms with Crippen molar-refractivity contribution in [3.63, 3.8) is 0 Å². The van der Waals surface area contributed by atoms with Crippen LogP contribution in [-0.2, 0) is 18.4 Å². The first-order valence-corrected chi connectivity index (χ1v) is 25.5. The van der Waals surface area contributed by atoms with Crippen molar-refractivity contribution in [1.29, 1.82) is 0 Å². The van der Waals surface area contributed by atoms with Gasteiger partial charge in [-0.05, 0) is 57.8 Å². The van der Waals surface area contributed by atoms with Gasteiger partial charge in [0.05, 0.1) is 39.9 Å². The molecular formula is C49H93N2O6P. The number of phosphoric acid groups is 1. The monoisotopic (exact) mass is 837 g/mol. The van der Waals surface area contributed by atoms with E-state index in [0.717, 1.165) is 51.4 Å². The zero-order valence-corrected chi connectivity index (χ0v) is 39.4. The van der Waals surface area contributed by atoms with E-state index in [0.29, 0.717) is 17.4 Å². The van der Waals surface area contributed by atoms with Crippen LogP contribution in [0.4, 0.5) is 0 Å². The van der Waals surface area contributed by atoms with Crippen LogP contribution in [0.2, 0.25) is 0 Å². The summed E-state index contributed by atoms with van der Waals surface area (Å²) < 4.78 is 23.2. The minimum Gasteiger partial charge on any atom is -0.756 e. The molecule has 0 aliphatic heterocycles. The molecule has 0 aromatic rings. The molecule has 0 bridgehead atoms. The molecule has 340 valence electrons. The largest absolute Gasteiger partial charge is 0.756 e. The lowest BCUT2D eigenvalue weighted by molar-refractivity contribution is -0.870. The number of amides is 1. The number of unbranched alkanes of at least 4 members (excludes halogenated alkanes) is 24. The highest BCUT2D eigenvalue weighted by Gasteiger charge is 2.23. The van der Waals surface area contributed by atoms with E-state index in [4.69, 9.17) is 9.05 Å². The van der Waals surface area contributed by atoms with Crippen molar-refractivity contribution < 1.29 is 32.9 Å². The average molecular weight is 837 g/mol. The summed E-state index contributed by atoms with van der Waals surface area (Å²) in [6, 6.07) is -0.902. The predicted molar refractivity (Wildman–Crippen MR) is 247 cm³/mol. The Morgan fingerprint density at radius 3 is 1.59 bits per heavy atom. The molecule has 9 heteroatoms. The minimum atomic E-state index is -4.60. The van der Waals surface area contributed by atoms with Gasteiger partial charge in [0, 0.05) is 6.42 Å². The van der Waals surface area contributed by atoms with Crippen molar-refractivity contribution in [3.8, 4) is 0 Å². The Labute approximate surface area is 359 Å². The maximum atomic E-state index is 12.9. The van der Waals surface area contributed by atoms with Gasteiger partial charge in [-0.25, -0.2) is 0 Å². The molecule has 0 aromatic carbocycles. The van der Waals surface area contributed by atoms with Crippen molar-refractivity contribution >= 4 is 13.7 Å². The number of carbonyl (C=O) groups excluding carboxylic acids is 1. The SMILES string of the molecule is CC/C=C\C/C=C\CCCCCCCCCCCCCCCCC(=O)NC(COP(=O)([O-])OCC[N+](C)(C)C)C(O)/C=C/CC/C=C/CCCCCCCCCCC. The summed E-state index contributed by atoms with van der Waals surface area (Å²) in [4.78, 5) is 25.3. The van der Waals surface area contributed by atoms with Gasteiger partial charge in [-0.3, -0.25) is 9.36 Å². The standard InChI is InChI=1S/C49H93N2O6P/c1-6-8-10-12-14-16-18-20-22-23-24-25-26-27-29-31-33-35-37-39-41-43-49(53)50-47(46-57-58(54,55)56-45-44-51(3,4)5)48(52)42-40-38-36-34-32-30-28-21-19-17-15-13-11-9-7-2/h8,10,14,16,32,34,40,42,47-48,52H,6-7,9,11-13,15,17-31,33,35-39,41,43-46H2,1-5H3,(H-,50,53,54,55)/b10-8-,16-14-,34-32+,42-40+. The molecule has 8 nitrogen and oxygen atoms in total. The van der Waals surface area contributed by atoms with Crippen molar-refractivity contribution in [2.24, 2.45) is 0 Å². The molecule has 1 amide bonds. The van der Waals surface area contributed by atoms with E-state index in [1.165, 1.54) is 135 Å². The van der Waals surface area contributed by atoms with E-state index in [-0.39, 0.29) is 12.5 Å². The molecule has 0 saturated carbocycles. The van der Waals surface area contributed by atoms with Crippen LogP contribution in [0, 0.1) is 0 Å². The number of nitrogens with zero attached hydrogens (tertiary/aromatic N) is 1. The smallest absolute Gasteiger partial charge is 0.268 e. The molecule has 0 aromatic heterocycles. The molecule has 0 fully saturated rings. The molecule has 3 atom stereocenters. The van der Waals surface area contributed by atoms with Gasteiger partial charge in [-0.1, -0.05) is 191 Å². The number of aliphatic hydroxyl groups is 1. The third-order valence-electron chi connectivity index (χ3n) is 10.5. The zero-order chi connectivity index (χ0) is 42.8. The summed E-state index contributed by atoms with van der Waals surface area (Å²) in [5.41, 5.74) is 0. The molecule has 0 aliphatic carbocycles. The molecule has 0 radical (unpaired) electrons. The van der Waals surface area contributed by atoms with Gasteiger partial charge in [-0.15, -0.1) is 0 Å². The maximum absolute atomic E-state index is 12.9. The van der Waals surface area contributed by atoms with Crippen LogP contribution in [0.3, 0.4) is 0 Å². The number of phosphoric ester groups is 1. The second-order valence-corrected chi connectivity index (χ2v) is 18.8. The van der Waals surface area contributed by atoms with Gasteiger partial charge in [0.2, 0.25) is 5.91 Å². The molecule has 0 heterocycles. The fourth-order valence-corrected chi connectivity index (χ4v) is 7.46. The molecule has 0 aliphatic rings. The van der Waals surface area contributed by atoms with E-state index in [1.807, 2.05) is 27.2 Å². The van der Waals surface area contributed by atoms with E-state index in [1.54, 1.807) is 6.08 Å². The first kappa shape index (κ1) is 56.5. The second-order valence-electron chi connectivity index (χ2n) is 17.4. The highest BCUT2D eigenvalue weighted by molar-refractivity contribution is 7.45. The minimum absolute atomic E-state index is 0.00686. The Kier molecular flexibility index (Phi) is 39.8. The lowest BCUT2D eigenvalue weighted by Gasteiger charge is -2.29. The van der Waals surface area contributed by atoms with Crippen molar-refractivity contribution in [1.82, 2.24) is 5.32 Å². The molecule has 0 rings (SSSR count). The number of quaternary nitrogens is 1. The van der Waals surface area contributed by atoms with Gasteiger partial charge in [0.25, 0.3) is 7.82 Å². The first-order chi connectivity index (χ1) is 28.0. The van der Waals surface area contributed by atoms with Crippen LogP contribution in [0.5, 0.6) is 0 Å². The fraction of sp³-hybridized carbons (Fsp3) is 0.816. The van der Waals surface area contributed by atoms with Gasteiger partial charge in [0.15, 0.2) is 0 Å². The average Bonchev–Trinajstić information content (AvgIpc) is 3.17. The van der Waals surface area contributed by atoms with E-state index in [2.05, 4.69) is 55.6 Å². The highest BCUT2D eigenvalue weighted by atomic mass is 31.2. The molecule has 3 unspecified atom stereocenters. The number of hydrogen-bond acceptors (Lipinski definition) is 6. The molecule has 58 heavy (non-hydrogen) atoms. The quantitative estimate of drug-likeness (QED) is 0.0274. The lowest BCUT2D eigenvalue weighted by atomic mass is 10.0. The Bertz CT molecular complexity index is 1090. The van der Waals surface area contributed by atoms with Crippen molar-refractivity contribution in [3.05, 3.63) is 48.6 Å². The second kappa shape index (κ2) is 40.8. The highest BCUT2D eigenvalue weighted by Crippen LogP contribution is 2.38. The van der Waals surface area contributed by atoms with Crippen LogP contribution >= 0.6 is 7.82 Å². The van der Waals surface area contributed by atoms with E-state index < -0.39 is 26.6 Å². The summed E-state index contributed by atoms with van der Waals surface area (Å²) in [7, 11) is 1.24. The molecule has 0 saturated heterocycles. The predicted octanol–water partition coefficient (Wildman–Crippen LogP) is 13.0. The van der Waals surface area contributed by atoms with Crippen LogP contribution < -0.4 is 10.2 Å². The Morgan fingerprint density at radius 2 is 1.07 bits per heavy atom. The fourth-order valence-electron chi connectivity index (χ4n) is 6.74. The Morgan fingerprint density at radius 1 is 0.621 bits per heavy atom. The summed E-state index contributed by atoms with van der Waals surface area (Å²) >= 11 is 0. The Balaban J connectivity index is 4.35. The van der Waals surface area contributed by atoms with Crippen LogP contribution in [0.15, 0.2) is 48.6 Å². The van der Waals surface area contributed by atoms with Gasteiger partial charge < -0.3 is 28.8 Å². The number of hydrogen-bond donors (Lipinski definition) is 2. The maximum Gasteiger partial charge on any atom is 0.268 e. The van der Waals surface area contributed by atoms with Gasteiger partial charge in [-0.2, -0.15) is 0 Å². The number of rotatable bonds is 43. The summed E-state index contributed by atoms with van der Waals surface area (Å²) in [5.74, 6) is -0.209. The zero-order valence-electron chi connectivity index (χ0n) is 38.5. The number of aliphatic hydroxyl groups excluding tert-OH is 1. The first-order valence-electron chi connectivity index (χ1n) is 24.0. The molecule has 2 N–H and O–H groups in total. The summed E-state index contributed by atoms with van der Waals surface area (Å²) in [5, 5.41) is 13.8. The summed E-state index contributed by atoms with van der Waals surface area (Å²) in [6.45, 7) is 4.52. The van der Waals surface area contributed by atoms with Crippen molar-refractivity contribution in [2.75, 3.05) is 40.9 Å². The van der Waals surface area contributed by atoms with Gasteiger partial charge >= 0.3 is 0 Å². The number of nitrogens with one attached hydrogen (secondary N) is 1. The van der Waals surface area contributed by atoms with Crippen LogP contribution in [-0.4, -0.2) is 68.5 Å². The van der Waals surface area contributed by atoms with E-state index in [9.17, 15) is 19.4 Å². The normalized spacial score (nSPS) is 14.7.